The lowest BCUT2D eigenvalue weighted by Crippen LogP contribution is -2.59. The van der Waals surface area contributed by atoms with Gasteiger partial charge in [0.15, 0.2) is 11.5 Å². The number of allylic oxidation sites excluding steroid dienone is 1. The van der Waals surface area contributed by atoms with Gasteiger partial charge in [-0.05, 0) is 64.4 Å². The van der Waals surface area contributed by atoms with Crippen LogP contribution in [0.2, 0.25) is 18.6 Å². The molecule has 4 nitrogen and oxygen atoms in total. The minimum absolute atomic E-state index is 0.150. The van der Waals surface area contributed by atoms with Gasteiger partial charge in [-0.15, -0.1) is 0 Å². The molecule has 2 aliphatic carbocycles. The number of ether oxygens (including phenoxy) is 2. The van der Waals surface area contributed by atoms with Crippen LogP contribution in [0.4, 0.5) is 0 Å². The van der Waals surface area contributed by atoms with Gasteiger partial charge < -0.3 is 19.4 Å². The van der Waals surface area contributed by atoms with E-state index in [0.29, 0.717) is 36.1 Å². The largest absolute Gasteiger partial charge is 0.454 e. The highest BCUT2D eigenvalue weighted by atomic mass is 28.3. The maximum absolute atomic E-state index is 5.71. The summed E-state index contributed by atoms with van der Waals surface area (Å²) in [4.78, 5) is 6.43. The number of nitrogens with zero attached hydrogens (tertiary/aromatic N) is 1. The zero-order valence-corrected chi connectivity index (χ0v) is 17.5. The molecule has 1 heterocycles. The lowest BCUT2D eigenvalue weighted by atomic mass is 9.87. The van der Waals surface area contributed by atoms with Gasteiger partial charge in [0.2, 0.25) is 6.79 Å². The summed E-state index contributed by atoms with van der Waals surface area (Å²) in [6, 6.07) is 0.544. The average Bonchev–Trinajstić information content (AvgIpc) is 2.92. The van der Waals surface area contributed by atoms with Gasteiger partial charge in [0.05, 0.1) is 0 Å². The van der Waals surface area contributed by atoms with Gasteiger partial charge in [0.1, 0.15) is 8.24 Å². The Hall–Kier alpha value is -0.783. The molecule has 0 radical (unpaired) electrons. The van der Waals surface area contributed by atoms with Crippen LogP contribution in [-0.4, -0.2) is 45.6 Å². The molecule has 0 aromatic rings. The Labute approximate surface area is 148 Å². The summed E-state index contributed by atoms with van der Waals surface area (Å²) in [5.74, 6) is 3.60. The Morgan fingerprint density at radius 2 is 1.62 bits per heavy atom. The first-order valence-electron chi connectivity index (χ1n) is 9.16. The van der Waals surface area contributed by atoms with E-state index < -0.39 is 8.24 Å². The fourth-order valence-corrected chi connectivity index (χ4v) is 10.6. The zero-order chi connectivity index (χ0) is 17.9. The number of fused-ring (bicyclic) bond motifs is 2. The Balaban J connectivity index is 1.99. The monoisotopic (exact) mass is 350 g/mol. The molecule has 24 heavy (non-hydrogen) atoms. The van der Waals surface area contributed by atoms with E-state index >= 15 is 0 Å². The van der Waals surface area contributed by atoms with Crippen molar-refractivity contribution < 1.29 is 9.47 Å². The van der Waals surface area contributed by atoms with E-state index in [1.165, 1.54) is 0 Å². The number of rotatable bonds is 3. The number of hydrogen-bond acceptors (Lipinski definition) is 4. The van der Waals surface area contributed by atoms with E-state index in [9.17, 15) is 0 Å². The predicted molar refractivity (Wildman–Crippen MR) is 101 cm³/mol. The first kappa shape index (κ1) is 18.0. The molecule has 5 atom stereocenters. The van der Waals surface area contributed by atoms with Crippen molar-refractivity contribution in [3.63, 3.8) is 0 Å². The highest BCUT2D eigenvalue weighted by molar-refractivity contribution is 6.76. The smallest absolute Gasteiger partial charge is 0.231 e. The fourth-order valence-electron chi connectivity index (χ4n) is 5.72. The van der Waals surface area contributed by atoms with Crippen molar-refractivity contribution in [3.8, 4) is 0 Å². The third-order valence-corrected chi connectivity index (χ3v) is 9.82. The maximum Gasteiger partial charge on any atom is 0.231 e. The third kappa shape index (κ3) is 3.06. The van der Waals surface area contributed by atoms with Crippen molar-refractivity contribution in [2.24, 2.45) is 17.8 Å². The molecule has 0 bridgehead atoms. The van der Waals surface area contributed by atoms with Gasteiger partial charge in [0.25, 0.3) is 0 Å². The molecule has 1 saturated carbocycles. The van der Waals surface area contributed by atoms with Gasteiger partial charge in [-0.1, -0.05) is 20.0 Å². The quantitative estimate of drug-likeness (QED) is 0.789. The van der Waals surface area contributed by atoms with E-state index in [1.54, 1.807) is 0 Å². The first-order valence-corrected chi connectivity index (χ1v) is 12.2. The Morgan fingerprint density at radius 3 is 2.12 bits per heavy atom. The molecule has 5 heteroatoms. The van der Waals surface area contributed by atoms with Crippen molar-refractivity contribution in [1.82, 2.24) is 9.88 Å². The van der Waals surface area contributed by atoms with E-state index in [4.69, 9.17) is 9.47 Å². The molecule has 0 spiro atoms. The van der Waals surface area contributed by atoms with E-state index in [-0.39, 0.29) is 5.54 Å². The van der Waals surface area contributed by atoms with Crippen molar-refractivity contribution in [3.05, 3.63) is 23.7 Å². The molecular formula is C19H34N2O2Si. The minimum atomic E-state index is -1.66. The first-order chi connectivity index (χ1) is 11.0. The van der Waals surface area contributed by atoms with E-state index in [0.717, 1.165) is 11.5 Å². The van der Waals surface area contributed by atoms with Gasteiger partial charge in [-0.25, -0.2) is 0 Å². The molecule has 2 fully saturated rings. The average molecular weight is 351 g/mol. The summed E-state index contributed by atoms with van der Waals surface area (Å²) in [5.41, 5.74) is 0.820. The highest BCUT2D eigenvalue weighted by Crippen LogP contribution is 2.55. The van der Waals surface area contributed by atoms with Crippen LogP contribution in [0.3, 0.4) is 0 Å². The lowest BCUT2D eigenvalue weighted by Gasteiger charge is -2.42. The van der Waals surface area contributed by atoms with Crippen LogP contribution in [0.5, 0.6) is 0 Å². The summed E-state index contributed by atoms with van der Waals surface area (Å²) in [6.07, 6.45) is 4.71. The lowest BCUT2D eigenvalue weighted by molar-refractivity contribution is 0.0973. The molecular weight excluding hydrogens is 316 g/mol. The second-order valence-electron chi connectivity index (χ2n) is 9.56. The van der Waals surface area contributed by atoms with Crippen molar-refractivity contribution in [2.45, 2.75) is 57.9 Å². The van der Waals surface area contributed by atoms with Crippen LogP contribution in [0.25, 0.3) is 0 Å². The molecule has 136 valence electrons. The van der Waals surface area contributed by atoms with Gasteiger partial charge >= 0.3 is 0 Å². The van der Waals surface area contributed by atoms with Crippen LogP contribution < -0.4 is 4.98 Å². The van der Waals surface area contributed by atoms with Crippen molar-refractivity contribution >= 4 is 8.24 Å². The third-order valence-electron chi connectivity index (χ3n) is 5.84. The molecule has 0 aromatic heterocycles. The van der Waals surface area contributed by atoms with Crippen LogP contribution in [0.15, 0.2) is 23.7 Å². The molecule has 1 saturated heterocycles. The Kier molecular flexibility index (Phi) is 4.42. The Bertz CT molecular complexity index is 562. The second-order valence-corrected chi connectivity index (χ2v) is 13.9. The van der Waals surface area contributed by atoms with Gasteiger partial charge in [0, 0.05) is 17.5 Å². The minimum Gasteiger partial charge on any atom is -0.454 e. The van der Waals surface area contributed by atoms with Crippen LogP contribution >= 0.6 is 0 Å². The second kappa shape index (κ2) is 5.89. The summed E-state index contributed by atoms with van der Waals surface area (Å²) in [6.45, 7) is 14.7. The summed E-state index contributed by atoms with van der Waals surface area (Å²) in [5, 5.41) is 0. The zero-order valence-electron chi connectivity index (χ0n) is 16.5. The van der Waals surface area contributed by atoms with Crippen LogP contribution in [0, 0.1) is 17.8 Å². The van der Waals surface area contributed by atoms with Gasteiger partial charge in [-0.2, -0.15) is 0 Å². The number of nitrogens with one attached hydrogen (secondary N) is 1. The molecule has 1 aliphatic heterocycles. The molecule has 3 aliphatic rings. The summed E-state index contributed by atoms with van der Waals surface area (Å²) >= 11 is 0. The normalized spacial score (nSPS) is 35.8. The van der Waals surface area contributed by atoms with Crippen molar-refractivity contribution in [1.29, 1.82) is 0 Å². The highest BCUT2D eigenvalue weighted by Gasteiger charge is 2.56. The standard InChI is InChI=1S/C19H34N2O2Si/c1-12-17(21(5)6)13-9-15-16(23-11-22-15)10-14(13)18(12)24(7,8)20-19(2,3)4/h9-10,12-14,17-18,20H,11H2,1-8H3. The Morgan fingerprint density at radius 1 is 1.08 bits per heavy atom. The van der Waals surface area contributed by atoms with E-state index in [1.807, 2.05) is 0 Å². The SMILES string of the molecule is CC1C(N(C)C)C2C=C3OCOC3=CC2C1[Si](C)(C)NC(C)(C)C. The van der Waals surface area contributed by atoms with Crippen molar-refractivity contribution in [2.75, 3.05) is 20.9 Å². The molecule has 3 rings (SSSR count). The van der Waals surface area contributed by atoms with Gasteiger partial charge in [-0.3, -0.25) is 0 Å². The topological polar surface area (TPSA) is 33.7 Å². The number of hydrogen-bond donors (Lipinski definition) is 1. The molecule has 1 N–H and O–H groups in total. The van der Waals surface area contributed by atoms with Crippen LogP contribution in [0.1, 0.15) is 27.7 Å². The molecule has 0 amide bonds. The molecule has 5 unspecified atom stereocenters. The van der Waals surface area contributed by atoms with E-state index in [2.05, 4.69) is 76.9 Å². The fraction of sp³-hybridized carbons (Fsp3) is 0.789. The molecule has 0 aromatic carbocycles. The summed E-state index contributed by atoms with van der Waals surface area (Å²) < 4.78 is 11.4. The van der Waals surface area contributed by atoms with Crippen LogP contribution in [-0.2, 0) is 9.47 Å². The predicted octanol–water partition coefficient (Wildman–Crippen LogP) is 3.55. The maximum atomic E-state index is 5.71. The summed E-state index contributed by atoms with van der Waals surface area (Å²) in [7, 11) is 2.78.